The van der Waals surface area contributed by atoms with E-state index in [0.717, 1.165) is 28.7 Å². The van der Waals surface area contributed by atoms with Crippen molar-refractivity contribution >= 4 is 16.8 Å². The molecule has 0 radical (unpaired) electrons. The van der Waals surface area contributed by atoms with Gasteiger partial charge in [0, 0.05) is 29.9 Å². The number of urea groups is 1. The number of nitrogens with zero attached hydrogens (tertiary/aromatic N) is 1. The lowest BCUT2D eigenvalue weighted by Gasteiger charge is -2.56. The number of aromatic nitrogens is 1. The Hall–Kier alpha value is -2.88. The van der Waals surface area contributed by atoms with Gasteiger partial charge in [-0.25, -0.2) is 4.79 Å². The molecule has 4 aliphatic carbocycles. The number of rotatable bonds is 4. The third kappa shape index (κ3) is 3.48. The fourth-order valence-corrected chi connectivity index (χ4v) is 7.00. The van der Waals surface area contributed by atoms with E-state index in [0.29, 0.717) is 6.54 Å². The summed E-state index contributed by atoms with van der Waals surface area (Å²) in [7, 11) is 0. The predicted molar refractivity (Wildman–Crippen MR) is 123 cm³/mol. The summed E-state index contributed by atoms with van der Waals surface area (Å²) in [5.41, 5.74) is 3.53. The van der Waals surface area contributed by atoms with Crippen LogP contribution in [0.5, 0.6) is 0 Å². The smallest absolute Gasteiger partial charge is 0.315 e. The van der Waals surface area contributed by atoms with Gasteiger partial charge in [0.05, 0.1) is 0 Å². The Bertz CT molecular complexity index is 1090. The van der Waals surface area contributed by atoms with Crippen LogP contribution in [0.4, 0.5) is 4.79 Å². The van der Waals surface area contributed by atoms with Gasteiger partial charge in [-0.2, -0.15) is 0 Å². The molecule has 4 aliphatic rings. The molecular weight excluding hydrogens is 382 g/mol. The first-order valence-corrected chi connectivity index (χ1v) is 11.6. The Morgan fingerprint density at radius 1 is 0.903 bits per heavy atom. The first-order chi connectivity index (χ1) is 15.2. The highest BCUT2D eigenvalue weighted by molar-refractivity contribution is 5.98. The van der Waals surface area contributed by atoms with Crippen LogP contribution in [-0.2, 0) is 6.54 Å². The van der Waals surface area contributed by atoms with Gasteiger partial charge in [-0.1, -0.05) is 42.5 Å². The average Bonchev–Trinajstić information content (AvgIpc) is 2.77. The zero-order valence-electron chi connectivity index (χ0n) is 17.8. The van der Waals surface area contributed by atoms with E-state index >= 15 is 0 Å². The van der Waals surface area contributed by atoms with Crippen LogP contribution in [0.2, 0.25) is 0 Å². The summed E-state index contributed by atoms with van der Waals surface area (Å²) in [4.78, 5) is 17.2. The van der Waals surface area contributed by atoms with Crippen molar-refractivity contribution in [1.29, 1.82) is 0 Å². The first kappa shape index (κ1) is 18.9. The zero-order chi connectivity index (χ0) is 20.8. The van der Waals surface area contributed by atoms with E-state index in [1.165, 1.54) is 55.0 Å². The largest absolute Gasteiger partial charge is 0.334 e. The molecular formula is C27H29N3O. The van der Waals surface area contributed by atoms with E-state index in [-0.39, 0.29) is 11.6 Å². The molecule has 0 saturated heterocycles. The van der Waals surface area contributed by atoms with E-state index in [1.807, 2.05) is 18.5 Å². The molecule has 0 spiro atoms. The molecule has 2 amide bonds. The summed E-state index contributed by atoms with van der Waals surface area (Å²) in [5, 5.41) is 8.83. The number of carbonyl (C=O) groups excluding carboxylic acids is 1. The molecule has 7 rings (SSSR count). The lowest BCUT2D eigenvalue weighted by Crippen LogP contribution is -2.61. The number of benzene rings is 2. The zero-order valence-corrected chi connectivity index (χ0v) is 17.8. The number of amides is 2. The molecule has 158 valence electrons. The van der Waals surface area contributed by atoms with Crippen molar-refractivity contribution in [3.05, 3.63) is 66.5 Å². The minimum atomic E-state index is -0.0221. The van der Waals surface area contributed by atoms with E-state index in [4.69, 9.17) is 0 Å². The highest BCUT2D eigenvalue weighted by Gasteiger charge is 2.51. The molecule has 4 heteroatoms. The van der Waals surface area contributed by atoms with Gasteiger partial charge in [0.15, 0.2) is 0 Å². The minimum Gasteiger partial charge on any atom is -0.334 e. The maximum atomic E-state index is 12.9. The SMILES string of the molecule is O=C(NCc1ccc(-c2ccccc2)c2ccncc12)NC12CC3CC(CC(C3)C1)C2. The topological polar surface area (TPSA) is 54.0 Å². The summed E-state index contributed by atoms with van der Waals surface area (Å²) in [5.74, 6) is 2.48. The van der Waals surface area contributed by atoms with Crippen LogP contribution in [0.25, 0.3) is 21.9 Å². The third-order valence-corrected chi connectivity index (χ3v) is 7.85. The summed E-state index contributed by atoms with van der Waals surface area (Å²) in [6, 6.07) is 16.7. The van der Waals surface area contributed by atoms with E-state index in [1.54, 1.807) is 0 Å². The van der Waals surface area contributed by atoms with Crippen molar-refractivity contribution in [3.63, 3.8) is 0 Å². The molecule has 2 aromatic carbocycles. The maximum Gasteiger partial charge on any atom is 0.315 e. The van der Waals surface area contributed by atoms with Gasteiger partial charge in [-0.15, -0.1) is 0 Å². The van der Waals surface area contributed by atoms with Gasteiger partial charge >= 0.3 is 6.03 Å². The summed E-state index contributed by atoms with van der Waals surface area (Å²) in [6.45, 7) is 0.509. The van der Waals surface area contributed by atoms with Crippen LogP contribution in [0.15, 0.2) is 60.9 Å². The fourth-order valence-electron chi connectivity index (χ4n) is 7.00. The standard InChI is InChI=1S/C27H29N3O/c31-26(30-27-13-18-10-19(14-27)12-20(11-18)15-27)29-16-22-6-7-23(21-4-2-1-3-5-21)24-8-9-28-17-25(22)24/h1-9,17-20H,10-16H2,(H2,29,30,31). The van der Waals surface area contributed by atoms with E-state index in [9.17, 15) is 4.79 Å². The van der Waals surface area contributed by atoms with Crippen molar-refractivity contribution in [3.8, 4) is 11.1 Å². The Balaban J connectivity index is 1.20. The van der Waals surface area contributed by atoms with Gasteiger partial charge in [-0.05, 0) is 84.4 Å². The molecule has 4 bridgehead atoms. The Morgan fingerprint density at radius 3 is 2.32 bits per heavy atom. The molecule has 0 atom stereocenters. The Morgan fingerprint density at radius 2 is 1.61 bits per heavy atom. The van der Waals surface area contributed by atoms with Gasteiger partial charge < -0.3 is 10.6 Å². The molecule has 0 unspecified atom stereocenters. The second kappa shape index (κ2) is 7.37. The lowest BCUT2D eigenvalue weighted by molar-refractivity contribution is -0.0135. The van der Waals surface area contributed by atoms with E-state index in [2.05, 4.69) is 58.1 Å². The summed E-state index contributed by atoms with van der Waals surface area (Å²) < 4.78 is 0. The number of carbonyl (C=O) groups is 1. The number of fused-ring (bicyclic) bond motifs is 1. The quantitative estimate of drug-likeness (QED) is 0.581. The Kier molecular flexibility index (Phi) is 4.48. The normalized spacial score (nSPS) is 28.6. The minimum absolute atomic E-state index is 0.0221. The third-order valence-electron chi connectivity index (χ3n) is 7.85. The van der Waals surface area contributed by atoms with Crippen LogP contribution in [-0.4, -0.2) is 16.6 Å². The average molecular weight is 412 g/mol. The first-order valence-electron chi connectivity index (χ1n) is 11.6. The molecule has 1 aromatic heterocycles. The maximum absolute atomic E-state index is 12.9. The van der Waals surface area contributed by atoms with Crippen LogP contribution in [0, 0.1) is 17.8 Å². The van der Waals surface area contributed by atoms with Gasteiger partial charge in [0.25, 0.3) is 0 Å². The van der Waals surface area contributed by atoms with Crippen LogP contribution in [0.3, 0.4) is 0 Å². The van der Waals surface area contributed by atoms with Crippen molar-refractivity contribution in [2.45, 2.75) is 50.6 Å². The number of hydrogen-bond donors (Lipinski definition) is 2. The van der Waals surface area contributed by atoms with E-state index < -0.39 is 0 Å². The summed E-state index contributed by atoms with van der Waals surface area (Å²) in [6.07, 6.45) is 11.4. The molecule has 31 heavy (non-hydrogen) atoms. The molecule has 4 fully saturated rings. The number of pyridine rings is 1. The van der Waals surface area contributed by atoms with Crippen molar-refractivity contribution < 1.29 is 4.79 Å². The van der Waals surface area contributed by atoms with Crippen molar-refractivity contribution in [1.82, 2.24) is 15.6 Å². The lowest BCUT2D eigenvalue weighted by atomic mass is 9.53. The van der Waals surface area contributed by atoms with Crippen LogP contribution in [0.1, 0.15) is 44.1 Å². The molecule has 0 aliphatic heterocycles. The van der Waals surface area contributed by atoms with Crippen molar-refractivity contribution in [2.24, 2.45) is 17.8 Å². The number of hydrogen-bond acceptors (Lipinski definition) is 2. The molecule has 1 heterocycles. The van der Waals surface area contributed by atoms with Gasteiger partial charge in [0.1, 0.15) is 0 Å². The Labute approximate surface area is 183 Å². The fraction of sp³-hybridized carbons (Fsp3) is 0.407. The molecule has 4 nitrogen and oxygen atoms in total. The monoisotopic (exact) mass is 411 g/mol. The van der Waals surface area contributed by atoms with Crippen LogP contribution < -0.4 is 10.6 Å². The molecule has 4 saturated carbocycles. The second-order valence-corrected chi connectivity index (χ2v) is 10.1. The van der Waals surface area contributed by atoms with Gasteiger partial charge in [-0.3, -0.25) is 4.98 Å². The highest BCUT2D eigenvalue weighted by atomic mass is 16.2. The number of nitrogens with one attached hydrogen (secondary N) is 2. The predicted octanol–water partition coefficient (Wildman–Crippen LogP) is 5.67. The highest BCUT2D eigenvalue weighted by Crippen LogP contribution is 2.55. The summed E-state index contributed by atoms with van der Waals surface area (Å²) >= 11 is 0. The van der Waals surface area contributed by atoms with Crippen molar-refractivity contribution in [2.75, 3.05) is 0 Å². The molecule has 2 N–H and O–H groups in total. The molecule has 3 aromatic rings. The van der Waals surface area contributed by atoms with Gasteiger partial charge in [0.2, 0.25) is 0 Å². The second-order valence-electron chi connectivity index (χ2n) is 10.1. The van der Waals surface area contributed by atoms with Crippen LogP contribution >= 0.6 is 0 Å².